The number of hydrazine groups is 1. The number of aromatic nitrogens is 2. The summed E-state index contributed by atoms with van der Waals surface area (Å²) in [5.41, 5.74) is 4.62. The molecule has 0 saturated heterocycles. The van der Waals surface area contributed by atoms with Crippen LogP contribution in [0.1, 0.15) is 24.5 Å². The number of anilines is 1. The van der Waals surface area contributed by atoms with E-state index in [4.69, 9.17) is 10.6 Å². The Morgan fingerprint density at radius 2 is 2.15 bits per heavy atom. The van der Waals surface area contributed by atoms with Gasteiger partial charge in [-0.1, -0.05) is 19.4 Å². The Bertz CT molecular complexity index is 604. The van der Waals surface area contributed by atoms with Gasteiger partial charge in [0.25, 0.3) is 0 Å². The van der Waals surface area contributed by atoms with Crippen LogP contribution in [0.15, 0.2) is 29.0 Å². The van der Waals surface area contributed by atoms with E-state index in [0.29, 0.717) is 11.7 Å². The van der Waals surface area contributed by atoms with Crippen LogP contribution < -0.4 is 16.0 Å². The fraction of sp³-hybridized carbons (Fsp3) is 0.286. The standard InChI is InChI=1S/C14H17BrN4O/c1-3-4-10-13(19-16)17-8-18-14(10)20-12-6-5-9(2)7-11(12)15/h5-8H,3-4,16H2,1-2H3,(H,17,18,19). The van der Waals surface area contributed by atoms with Gasteiger partial charge in [0, 0.05) is 0 Å². The molecule has 1 heterocycles. The molecule has 5 nitrogen and oxygen atoms in total. The maximum Gasteiger partial charge on any atom is 0.227 e. The van der Waals surface area contributed by atoms with Gasteiger partial charge in [-0.25, -0.2) is 15.8 Å². The van der Waals surface area contributed by atoms with Gasteiger partial charge in [0.15, 0.2) is 0 Å². The summed E-state index contributed by atoms with van der Waals surface area (Å²) >= 11 is 3.50. The van der Waals surface area contributed by atoms with Crippen molar-refractivity contribution < 1.29 is 4.74 Å². The predicted octanol–water partition coefficient (Wildman–Crippen LogP) is 3.58. The Balaban J connectivity index is 2.37. The van der Waals surface area contributed by atoms with E-state index < -0.39 is 0 Å². The number of hydrogen-bond donors (Lipinski definition) is 2. The Hall–Kier alpha value is -1.66. The van der Waals surface area contributed by atoms with Crippen LogP contribution in [0.4, 0.5) is 5.82 Å². The number of rotatable bonds is 5. The van der Waals surface area contributed by atoms with Crippen LogP contribution in [0, 0.1) is 6.92 Å². The Kier molecular flexibility index (Phi) is 4.92. The summed E-state index contributed by atoms with van der Waals surface area (Å²) in [6.07, 6.45) is 3.18. The van der Waals surface area contributed by atoms with E-state index in [-0.39, 0.29) is 0 Å². The average Bonchev–Trinajstić information content (AvgIpc) is 2.43. The van der Waals surface area contributed by atoms with Gasteiger partial charge in [0.05, 0.1) is 10.0 Å². The lowest BCUT2D eigenvalue weighted by Gasteiger charge is -2.13. The van der Waals surface area contributed by atoms with Crippen molar-refractivity contribution in [3.63, 3.8) is 0 Å². The van der Waals surface area contributed by atoms with E-state index in [1.807, 2.05) is 25.1 Å². The van der Waals surface area contributed by atoms with Crippen molar-refractivity contribution in [1.82, 2.24) is 9.97 Å². The molecule has 3 N–H and O–H groups in total. The summed E-state index contributed by atoms with van der Waals surface area (Å²) in [7, 11) is 0. The first kappa shape index (κ1) is 14.7. The fourth-order valence-corrected chi connectivity index (χ4v) is 2.45. The molecule has 0 amide bonds. The lowest BCUT2D eigenvalue weighted by atomic mass is 10.2. The van der Waals surface area contributed by atoms with Crippen molar-refractivity contribution in [1.29, 1.82) is 0 Å². The number of benzene rings is 1. The molecule has 0 radical (unpaired) electrons. The minimum Gasteiger partial charge on any atom is -0.437 e. The average molecular weight is 337 g/mol. The molecule has 0 atom stereocenters. The normalized spacial score (nSPS) is 10.4. The molecule has 1 aromatic heterocycles. The summed E-state index contributed by atoms with van der Waals surface area (Å²) in [5.74, 6) is 7.33. The van der Waals surface area contributed by atoms with E-state index in [2.05, 4.69) is 38.2 Å². The SMILES string of the molecule is CCCc1c(NN)ncnc1Oc1ccc(C)cc1Br. The highest BCUT2D eigenvalue weighted by molar-refractivity contribution is 9.10. The number of hydrogen-bond acceptors (Lipinski definition) is 5. The third-order valence-corrected chi connectivity index (χ3v) is 3.46. The number of nitrogens with one attached hydrogen (secondary N) is 1. The molecule has 1 aromatic carbocycles. The third-order valence-electron chi connectivity index (χ3n) is 2.84. The van der Waals surface area contributed by atoms with E-state index in [0.717, 1.165) is 34.2 Å². The van der Waals surface area contributed by atoms with Gasteiger partial charge in [0.1, 0.15) is 17.9 Å². The first-order valence-corrected chi connectivity index (χ1v) is 7.19. The van der Waals surface area contributed by atoms with Crippen molar-refractivity contribution >= 4 is 21.7 Å². The molecule has 0 aliphatic rings. The maximum absolute atomic E-state index is 5.90. The molecular formula is C14H17BrN4O. The van der Waals surface area contributed by atoms with Gasteiger partial charge >= 0.3 is 0 Å². The van der Waals surface area contributed by atoms with Crippen LogP contribution in [0.25, 0.3) is 0 Å². The van der Waals surface area contributed by atoms with Gasteiger partial charge in [-0.3, -0.25) is 0 Å². The van der Waals surface area contributed by atoms with Gasteiger partial charge < -0.3 is 10.2 Å². The Morgan fingerprint density at radius 3 is 2.80 bits per heavy atom. The molecule has 2 aromatic rings. The lowest BCUT2D eigenvalue weighted by molar-refractivity contribution is 0.451. The number of aryl methyl sites for hydroxylation is 1. The number of nitrogens with two attached hydrogens (primary N) is 1. The van der Waals surface area contributed by atoms with Crippen LogP contribution >= 0.6 is 15.9 Å². The number of nitrogen functional groups attached to an aromatic ring is 1. The van der Waals surface area contributed by atoms with Crippen LogP contribution in [0.2, 0.25) is 0 Å². The van der Waals surface area contributed by atoms with Gasteiger partial charge in [-0.05, 0) is 47.0 Å². The monoisotopic (exact) mass is 336 g/mol. The second-order valence-corrected chi connectivity index (χ2v) is 5.29. The molecular weight excluding hydrogens is 320 g/mol. The van der Waals surface area contributed by atoms with Crippen LogP contribution in [-0.4, -0.2) is 9.97 Å². The molecule has 0 spiro atoms. The third kappa shape index (κ3) is 3.26. The van der Waals surface area contributed by atoms with Crippen LogP contribution in [0.5, 0.6) is 11.6 Å². The molecule has 0 fully saturated rings. The zero-order valence-electron chi connectivity index (χ0n) is 11.5. The first-order chi connectivity index (χ1) is 9.65. The predicted molar refractivity (Wildman–Crippen MR) is 82.8 cm³/mol. The summed E-state index contributed by atoms with van der Waals surface area (Å²) in [6.45, 7) is 4.11. The second kappa shape index (κ2) is 6.67. The molecule has 0 aliphatic carbocycles. The minimum atomic E-state index is 0.527. The van der Waals surface area contributed by atoms with E-state index in [1.165, 1.54) is 6.33 Å². The minimum absolute atomic E-state index is 0.527. The van der Waals surface area contributed by atoms with Crippen molar-refractivity contribution in [2.45, 2.75) is 26.7 Å². The number of nitrogens with zero attached hydrogens (tertiary/aromatic N) is 2. The fourth-order valence-electron chi connectivity index (χ4n) is 1.88. The van der Waals surface area contributed by atoms with E-state index in [9.17, 15) is 0 Å². The van der Waals surface area contributed by atoms with Crippen molar-refractivity contribution in [2.75, 3.05) is 5.43 Å². The lowest BCUT2D eigenvalue weighted by Crippen LogP contribution is -2.12. The summed E-state index contributed by atoms with van der Waals surface area (Å²) < 4.78 is 6.79. The van der Waals surface area contributed by atoms with Crippen LogP contribution in [0.3, 0.4) is 0 Å². The number of ether oxygens (including phenoxy) is 1. The molecule has 0 unspecified atom stereocenters. The van der Waals surface area contributed by atoms with E-state index in [1.54, 1.807) is 0 Å². The summed E-state index contributed by atoms with van der Waals surface area (Å²) in [6, 6.07) is 5.90. The van der Waals surface area contributed by atoms with Crippen LogP contribution in [-0.2, 0) is 6.42 Å². The Labute approximate surface area is 126 Å². The van der Waals surface area contributed by atoms with Gasteiger partial charge in [0.2, 0.25) is 5.88 Å². The summed E-state index contributed by atoms with van der Waals surface area (Å²) in [4.78, 5) is 8.33. The van der Waals surface area contributed by atoms with Crippen molar-refractivity contribution in [2.24, 2.45) is 5.84 Å². The zero-order chi connectivity index (χ0) is 14.5. The highest BCUT2D eigenvalue weighted by Crippen LogP contribution is 2.32. The zero-order valence-corrected chi connectivity index (χ0v) is 13.1. The molecule has 20 heavy (non-hydrogen) atoms. The maximum atomic E-state index is 5.90. The topological polar surface area (TPSA) is 73.1 Å². The molecule has 6 heteroatoms. The smallest absolute Gasteiger partial charge is 0.227 e. The highest BCUT2D eigenvalue weighted by atomic mass is 79.9. The quantitative estimate of drug-likeness (QED) is 0.644. The summed E-state index contributed by atoms with van der Waals surface area (Å²) in [5, 5.41) is 0. The Morgan fingerprint density at radius 1 is 1.35 bits per heavy atom. The van der Waals surface area contributed by atoms with Gasteiger partial charge in [-0.15, -0.1) is 0 Å². The first-order valence-electron chi connectivity index (χ1n) is 6.40. The number of halogens is 1. The molecule has 0 bridgehead atoms. The van der Waals surface area contributed by atoms with Crippen molar-refractivity contribution in [3.05, 3.63) is 40.1 Å². The molecule has 0 aliphatic heterocycles. The molecule has 0 saturated carbocycles. The van der Waals surface area contributed by atoms with Crippen molar-refractivity contribution in [3.8, 4) is 11.6 Å². The van der Waals surface area contributed by atoms with Gasteiger partial charge in [-0.2, -0.15) is 0 Å². The molecule has 106 valence electrons. The largest absolute Gasteiger partial charge is 0.437 e. The second-order valence-electron chi connectivity index (χ2n) is 4.44. The van der Waals surface area contributed by atoms with E-state index >= 15 is 0 Å². The highest BCUT2D eigenvalue weighted by Gasteiger charge is 2.13. The molecule has 2 rings (SSSR count).